The Morgan fingerprint density at radius 3 is 2.84 bits per heavy atom. The van der Waals surface area contributed by atoms with Gasteiger partial charge in [0.05, 0.1) is 16.6 Å². The van der Waals surface area contributed by atoms with Crippen molar-refractivity contribution in [3.63, 3.8) is 0 Å². The van der Waals surface area contributed by atoms with E-state index in [0.29, 0.717) is 17.9 Å². The maximum Gasteiger partial charge on any atom is 0.255 e. The number of nitrogens with one attached hydrogen (secondary N) is 2. The summed E-state index contributed by atoms with van der Waals surface area (Å²) < 4.78 is 2.21. The maximum absolute atomic E-state index is 12.8. The number of fused-ring (bicyclic) bond motifs is 2. The number of amides is 1. The number of aromatic amines is 1. The smallest absolute Gasteiger partial charge is 0.255 e. The summed E-state index contributed by atoms with van der Waals surface area (Å²) in [5.74, 6) is 0.644. The van der Waals surface area contributed by atoms with E-state index >= 15 is 0 Å². The second kappa shape index (κ2) is 7.59. The third kappa shape index (κ3) is 3.47. The molecule has 0 spiro atoms. The first-order chi connectivity index (χ1) is 15.0. The van der Waals surface area contributed by atoms with Gasteiger partial charge in [0.1, 0.15) is 11.6 Å². The molecule has 0 bridgehead atoms. The van der Waals surface area contributed by atoms with Crippen LogP contribution in [-0.4, -0.2) is 57.6 Å². The molecule has 3 heterocycles. The quantitative estimate of drug-likeness (QED) is 0.451. The Hall–Kier alpha value is -3.58. The number of imidazole rings is 1. The van der Waals surface area contributed by atoms with E-state index in [9.17, 15) is 9.90 Å². The van der Waals surface area contributed by atoms with Gasteiger partial charge in [0, 0.05) is 35.8 Å². The van der Waals surface area contributed by atoms with E-state index in [1.165, 1.54) is 0 Å². The van der Waals surface area contributed by atoms with E-state index in [-0.39, 0.29) is 11.7 Å². The van der Waals surface area contributed by atoms with Crippen LogP contribution < -0.4 is 5.32 Å². The minimum absolute atomic E-state index is 0.136. The summed E-state index contributed by atoms with van der Waals surface area (Å²) in [4.78, 5) is 22.9. The largest absolute Gasteiger partial charge is 0.508 e. The summed E-state index contributed by atoms with van der Waals surface area (Å²) in [7, 11) is 4.13. The molecule has 0 saturated carbocycles. The fourth-order valence-corrected chi connectivity index (χ4v) is 4.30. The summed E-state index contributed by atoms with van der Waals surface area (Å²) in [6, 6.07) is 13.2. The summed E-state index contributed by atoms with van der Waals surface area (Å²) in [5, 5.41) is 14.0. The molecule has 0 atom stereocenters. The number of aryl methyl sites for hydroxylation is 1. The summed E-state index contributed by atoms with van der Waals surface area (Å²) in [6.45, 7) is 2.27. The average Bonchev–Trinajstić information content (AvgIpc) is 3.42. The monoisotopic (exact) mass is 415 g/mol. The van der Waals surface area contributed by atoms with Crippen molar-refractivity contribution in [3.8, 4) is 5.75 Å². The Labute approximate surface area is 180 Å². The highest BCUT2D eigenvalue weighted by molar-refractivity contribution is 6.30. The van der Waals surface area contributed by atoms with Gasteiger partial charge in [0.25, 0.3) is 5.91 Å². The van der Waals surface area contributed by atoms with Crippen molar-refractivity contribution < 1.29 is 9.90 Å². The Bertz CT molecular complexity index is 1300. The molecule has 2 aromatic heterocycles. The Morgan fingerprint density at radius 1 is 1.19 bits per heavy atom. The van der Waals surface area contributed by atoms with Crippen molar-refractivity contribution >= 4 is 39.0 Å². The number of aromatic hydroxyl groups is 1. The van der Waals surface area contributed by atoms with Crippen LogP contribution in [0, 0.1) is 0 Å². The second-order valence-corrected chi connectivity index (χ2v) is 8.23. The topological polar surface area (TPSA) is 86.2 Å². The Kier molecular flexibility index (Phi) is 4.75. The molecule has 3 N–H and O–H groups in total. The maximum atomic E-state index is 12.8. The number of hydrogen-bond acceptors (Lipinski definition) is 4. The molecule has 1 amide bonds. The molecule has 7 heteroatoms. The summed E-state index contributed by atoms with van der Waals surface area (Å²) in [5.41, 5.74) is 5.17. The van der Waals surface area contributed by atoms with Crippen LogP contribution >= 0.6 is 0 Å². The predicted molar refractivity (Wildman–Crippen MR) is 123 cm³/mol. The van der Waals surface area contributed by atoms with Crippen molar-refractivity contribution in [1.29, 1.82) is 0 Å². The first kappa shape index (κ1) is 19.4. The van der Waals surface area contributed by atoms with Crippen LogP contribution in [0.15, 0.2) is 48.7 Å². The first-order valence-corrected chi connectivity index (χ1v) is 10.4. The number of H-pyrrole nitrogens is 1. The van der Waals surface area contributed by atoms with E-state index in [0.717, 1.165) is 52.6 Å². The number of para-hydroxylation sites is 2. The van der Waals surface area contributed by atoms with E-state index in [1.807, 2.05) is 30.3 Å². The predicted octanol–water partition coefficient (Wildman–Crippen LogP) is 3.22. The van der Waals surface area contributed by atoms with Gasteiger partial charge in [-0.05, 0) is 63.0 Å². The summed E-state index contributed by atoms with van der Waals surface area (Å²) in [6.07, 6.45) is 3.10. The fraction of sp³-hybridized carbons (Fsp3) is 0.250. The zero-order valence-electron chi connectivity index (χ0n) is 17.6. The molecule has 1 aliphatic heterocycles. The van der Waals surface area contributed by atoms with Crippen LogP contribution in [0.25, 0.3) is 33.1 Å². The highest BCUT2D eigenvalue weighted by Gasteiger charge is 2.29. The number of carbonyl (C=O) groups is 1. The Morgan fingerprint density at radius 2 is 2.03 bits per heavy atom. The van der Waals surface area contributed by atoms with Gasteiger partial charge in [0.15, 0.2) is 0 Å². The lowest BCUT2D eigenvalue weighted by atomic mass is 10.0. The van der Waals surface area contributed by atoms with Crippen molar-refractivity contribution in [2.75, 3.05) is 27.2 Å². The average molecular weight is 415 g/mol. The van der Waals surface area contributed by atoms with Crippen molar-refractivity contribution in [3.05, 3.63) is 60.0 Å². The van der Waals surface area contributed by atoms with Gasteiger partial charge >= 0.3 is 0 Å². The van der Waals surface area contributed by atoms with Gasteiger partial charge in [-0.3, -0.25) is 4.79 Å². The number of hydrogen-bond donors (Lipinski definition) is 3. The lowest BCUT2D eigenvalue weighted by molar-refractivity contribution is -0.114. The third-order valence-corrected chi connectivity index (χ3v) is 5.77. The third-order valence-electron chi connectivity index (χ3n) is 5.77. The molecule has 0 unspecified atom stereocenters. The Balaban J connectivity index is 1.65. The van der Waals surface area contributed by atoms with Gasteiger partial charge in [-0.25, -0.2) is 4.98 Å². The van der Waals surface area contributed by atoms with Crippen LogP contribution in [0.5, 0.6) is 5.75 Å². The minimum Gasteiger partial charge on any atom is -0.508 e. The van der Waals surface area contributed by atoms with Gasteiger partial charge in [-0.2, -0.15) is 0 Å². The normalized spacial score (nSPS) is 14.4. The zero-order chi connectivity index (χ0) is 21.5. The highest BCUT2D eigenvalue weighted by atomic mass is 16.3. The van der Waals surface area contributed by atoms with E-state index in [1.54, 1.807) is 12.1 Å². The SMILES string of the molecule is CN(C)CCCn1cc(C2=C(c3nc4ccccc4[nH]3)C(=O)NC2)c2cc(O)ccc21. The van der Waals surface area contributed by atoms with Gasteiger partial charge in [-0.1, -0.05) is 12.1 Å². The number of carbonyl (C=O) groups excluding carboxylic acids is 1. The first-order valence-electron chi connectivity index (χ1n) is 10.4. The molecule has 4 aromatic rings. The molecule has 2 aromatic carbocycles. The molecular weight excluding hydrogens is 390 g/mol. The number of phenols is 1. The lowest BCUT2D eigenvalue weighted by Crippen LogP contribution is -2.17. The molecule has 0 fully saturated rings. The number of aromatic nitrogens is 3. The molecule has 7 nitrogen and oxygen atoms in total. The van der Waals surface area contributed by atoms with Crippen molar-refractivity contribution in [2.24, 2.45) is 0 Å². The van der Waals surface area contributed by atoms with Gasteiger partial charge < -0.3 is 24.9 Å². The number of benzene rings is 2. The lowest BCUT2D eigenvalue weighted by Gasteiger charge is -2.10. The molecule has 31 heavy (non-hydrogen) atoms. The molecule has 0 aliphatic carbocycles. The molecule has 0 saturated heterocycles. The van der Waals surface area contributed by atoms with Crippen molar-refractivity contribution in [2.45, 2.75) is 13.0 Å². The number of rotatable bonds is 6. The molecule has 1 aliphatic rings. The molecular formula is C24H25N5O2. The van der Waals surface area contributed by atoms with E-state index in [4.69, 9.17) is 0 Å². The standard InChI is InChI=1S/C24H25N5O2/c1-28(2)10-5-11-29-14-18(16-12-15(30)8-9-21(16)29)17-13-25-24(31)22(17)23-26-19-6-3-4-7-20(19)27-23/h3-4,6-9,12,14,30H,5,10-11,13H2,1-2H3,(H,25,31)(H,26,27). The van der Waals surface area contributed by atoms with Crippen LogP contribution in [0.2, 0.25) is 0 Å². The van der Waals surface area contributed by atoms with Crippen LogP contribution in [0.3, 0.4) is 0 Å². The number of phenolic OH excluding ortho intramolecular Hbond substituents is 1. The zero-order valence-corrected chi connectivity index (χ0v) is 17.6. The molecule has 158 valence electrons. The molecule has 5 rings (SSSR count). The van der Waals surface area contributed by atoms with Gasteiger partial charge in [-0.15, -0.1) is 0 Å². The minimum atomic E-state index is -0.136. The fourth-order valence-electron chi connectivity index (χ4n) is 4.30. The second-order valence-electron chi connectivity index (χ2n) is 8.23. The molecule has 0 radical (unpaired) electrons. The van der Waals surface area contributed by atoms with Gasteiger partial charge in [0.2, 0.25) is 0 Å². The number of nitrogens with zero attached hydrogens (tertiary/aromatic N) is 3. The van der Waals surface area contributed by atoms with Crippen LogP contribution in [0.4, 0.5) is 0 Å². The summed E-state index contributed by atoms with van der Waals surface area (Å²) >= 11 is 0. The van der Waals surface area contributed by atoms with Crippen LogP contribution in [-0.2, 0) is 11.3 Å². The van der Waals surface area contributed by atoms with E-state index < -0.39 is 0 Å². The van der Waals surface area contributed by atoms with Crippen LogP contribution in [0.1, 0.15) is 17.8 Å². The highest BCUT2D eigenvalue weighted by Crippen LogP contribution is 2.36. The van der Waals surface area contributed by atoms with E-state index in [2.05, 4.69) is 45.0 Å². The van der Waals surface area contributed by atoms with Crippen molar-refractivity contribution in [1.82, 2.24) is 24.8 Å².